The first kappa shape index (κ1) is 16.3. The first-order valence-electron chi connectivity index (χ1n) is 7.85. The Morgan fingerprint density at radius 3 is 2.96 bits per heavy atom. The molecule has 1 aliphatic rings. The number of urea groups is 1. The Hall–Kier alpha value is -2.57. The molecule has 1 aliphatic heterocycles. The van der Waals surface area contributed by atoms with Crippen molar-refractivity contribution in [3.63, 3.8) is 0 Å². The van der Waals surface area contributed by atoms with Gasteiger partial charge in [0.1, 0.15) is 11.5 Å². The normalized spacial score (nSPS) is 13.2. The number of nitrogens with one attached hydrogen (secondary N) is 1. The van der Waals surface area contributed by atoms with Crippen molar-refractivity contribution in [1.82, 2.24) is 15.3 Å². The third kappa shape index (κ3) is 3.34. The number of benzene rings is 1. The summed E-state index contributed by atoms with van der Waals surface area (Å²) in [5.74, 6) is 0.168. The van der Waals surface area contributed by atoms with E-state index >= 15 is 0 Å². The Bertz CT molecular complexity index is 751. The van der Waals surface area contributed by atoms with Gasteiger partial charge in [0.2, 0.25) is 0 Å². The van der Waals surface area contributed by atoms with Gasteiger partial charge in [-0.25, -0.2) is 23.5 Å². The highest BCUT2D eigenvalue weighted by molar-refractivity contribution is 5.94. The molecule has 7 heteroatoms. The molecule has 0 spiro atoms. The molecule has 126 valence electrons. The minimum atomic E-state index is -2.65. The number of fused-ring (bicyclic) bond motifs is 1. The largest absolute Gasteiger partial charge is 0.330 e. The minimum absolute atomic E-state index is 0.0122. The van der Waals surface area contributed by atoms with Crippen molar-refractivity contribution in [2.75, 3.05) is 11.4 Å². The van der Waals surface area contributed by atoms with Crippen molar-refractivity contribution >= 4 is 11.7 Å². The zero-order valence-corrected chi connectivity index (χ0v) is 13.3. The quantitative estimate of drug-likeness (QED) is 0.935. The van der Waals surface area contributed by atoms with Crippen molar-refractivity contribution in [3.05, 3.63) is 53.1 Å². The molecule has 3 rings (SSSR count). The van der Waals surface area contributed by atoms with Crippen molar-refractivity contribution in [1.29, 1.82) is 0 Å². The Labute approximate surface area is 138 Å². The molecule has 1 aromatic heterocycles. The van der Waals surface area contributed by atoms with Gasteiger partial charge < -0.3 is 5.32 Å². The molecular weight excluding hydrogens is 314 g/mol. The number of hydrogen-bond donors (Lipinski definition) is 1. The summed E-state index contributed by atoms with van der Waals surface area (Å²) in [6.45, 7) is 2.71. The van der Waals surface area contributed by atoms with Crippen LogP contribution in [0.3, 0.4) is 0 Å². The Morgan fingerprint density at radius 2 is 2.21 bits per heavy atom. The van der Waals surface area contributed by atoms with Gasteiger partial charge >= 0.3 is 6.03 Å². The maximum atomic E-state index is 12.6. The lowest BCUT2D eigenvalue weighted by molar-refractivity contribution is 0.145. The molecule has 0 saturated carbocycles. The highest BCUT2D eigenvalue weighted by atomic mass is 19.3. The molecule has 0 bridgehead atoms. The number of aryl methyl sites for hydroxylation is 1. The molecule has 5 nitrogen and oxygen atoms in total. The Kier molecular flexibility index (Phi) is 4.69. The van der Waals surface area contributed by atoms with E-state index in [0.29, 0.717) is 6.54 Å². The van der Waals surface area contributed by atoms with Crippen LogP contribution in [-0.4, -0.2) is 22.5 Å². The first-order valence-corrected chi connectivity index (χ1v) is 7.85. The van der Waals surface area contributed by atoms with Crippen LogP contribution >= 0.6 is 0 Å². The number of nitrogens with zero attached hydrogens (tertiary/aromatic N) is 3. The number of alkyl halides is 2. The number of carbonyl (C=O) groups is 1. The number of aromatic nitrogens is 2. The molecule has 0 fully saturated rings. The lowest BCUT2D eigenvalue weighted by Gasteiger charge is -2.18. The van der Waals surface area contributed by atoms with Gasteiger partial charge in [0.05, 0.1) is 6.54 Å². The lowest BCUT2D eigenvalue weighted by Crippen LogP contribution is -2.38. The van der Waals surface area contributed by atoms with E-state index in [1.807, 2.05) is 12.1 Å². The maximum Gasteiger partial charge on any atom is 0.322 e. The molecular formula is C17H18F2N4O. The van der Waals surface area contributed by atoms with Gasteiger partial charge in [-0.15, -0.1) is 0 Å². The third-order valence-corrected chi connectivity index (χ3v) is 4.04. The number of rotatable bonds is 4. The van der Waals surface area contributed by atoms with Gasteiger partial charge in [0.15, 0.2) is 0 Å². The number of anilines is 1. The first-order chi connectivity index (χ1) is 11.6. The van der Waals surface area contributed by atoms with Gasteiger partial charge in [0, 0.05) is 18.4 Å². The second kappa shape index (κ2) is 6.90. The molecule has 0 atom stereocenters. The van der Waals surface area contributed by atoms with E-state index < -0.39 is 6.43 Å². The van der Waals surface area contributed by atoms with E-state index in [4.69, 9.17) is 0 Å². The number of amides is 2. The van der Waals surface area contributed by atoms with Crippen LogP contribution in [0.5, 0.6) is 0 Å². The van der Waals surface area contributed by atoms with Crippen LogP contribution in [0.15, 0.2) is 30.5 Å². The molecule has 2 heterocycles. The fourth-order valence-electron chi connectivity index (χ4n) is 2.76. The standard InChI is InChI=1S/C17H18F2N4O/c1-2-11-3-4-14-12(9-11)6-8-23(14)17(24)21-10-15-20-7-5-13(22-15)16(18)19/h3-5,7,9,16H,2,6,8,10H2,1H3,(H,21,24). The third-order valence-electron chi connectivity index (χ3n) is 4.04. The van der Waals surface area contributed by atoms with E-state index in [9.17, 15) is 13.6 Å². The fraction of sp³-hybridized carbons (Fsp3) is 0.353. The molecule has 2 aromatic rings. The molecule has 2 amide bonds. The summed E-state index contributed by atoms with van der Waals surface area (Å²) >= 11 is 0. The van der Waals surface area contributed by atoms with Crippen LogP contribution in [0.25, 0.3) is 0 Å². The van der Waals surface area contributed by atoms with Crippen molar-refractivity contribution < 1.29 is 13.6 Å². The summed E-state index contributed by atoms with van der Waals surface area (Å²) in [5, 5.41) is 2.69. The Morgan fingerprint density at radius 1 is 1.38 bits per heavy atom. The zero-order chi connectivity index (χ0) is 17.1. The topological polar surface area (TPSA) is 58.1 Å². The smallest absolute Gasteiger partial charge is 0.322 e. The van der Waals surface area contributed by atoms with E-state index in [1.54, 1.807) is 4.90 Å². The average molecular weight is 332 g/mol. The van der Waals surface area contributed by atoms with E-state index in [-0.39, 0.29) is 24.1 Å². The number of halogens is 2. The van der Waals surface area contributed by atoms with E-state index in [2.05, 4.69) is 28.3 Å². The SMILES string of the molecule is CCc1ccc2c(c1)CCN2C(=O)NCc1nccc(C(F)F)n1. The second-order valence-corrected chi connectivity index (χ2v) is 5.58. The summed E-state index contributed by atoms with van der Waals surface area (Å²) in [5.41, 5.74) is 2.95. The van der Waals surface area contributed by atoms with E-state index in [0.717, 1.165) is 30.2 Å². The lowest BCUT2D eigenvalue weighted by atomic mass is 10.1. The van der Waals surface area contributed by atoms with Crippen molar-refractivity contribution in [3.8, 4) is 0 Å². The molecule has 0 radical (unpaired) electrons. The van der Waals surface area contributed by atoms with Crippen LogP contribution in [0.4, 0.5) is 19.3 Å². The van der Waals surface area contributed by atoms with Crippen molar-refractivity contribution in [2.24, 2.45) is 0 Å². The van der Waals surface area contributed by atoms with Crippen molar-refractivity contribution in [2.45, 2.75) is 32.7 Å². The van der Waals surface area contributed by atoms with E-state index in [1.165, 1.54) is 11.8 Å². The highest BCUT2D eigenvalue weighted by Crippen LogP contribution is 2.29. The van der Waals surface area contributed by atoms with Gasteiger partial charge in [-0.1, -0.05) is 19.1 Å². The molecule has 24 heavy (non-hydrogen) atoms. The number of carbonyl (C=O) groups excluding carboxylic acids is 1. The summed E-state index contributed by atoms with van der Waals surface area (Å²) in [4.78, 5) is 21.7. The highest BCUT2D eigenvalue weighted by Gasteiger charge is 2.24. The average Bonchev–Trinajstić information content (AvgIpc) is 3.03. The number of hydrogen-bond acceptors (Lipinski definition) is 3. The molecule has 0 saturated heterocycles. The van der Waals surface area contributed by atoms with Crippen LogP contribution in [0.2, 0.25) is 0 Å². The summed E-state index contributed by atoms with van der Waals surface area (Å²) in [7, 11) is 0. The minimum Gasteiger partial charge on any atom is -0.330 e. The predicted molar refractivity (Wildman–Crippen MR) is 86.1 cm³/mol. The molecule has 0 unspecified atom stereocenters. The monoisotopic (exact) mass is 332 g/mol. The Balaban J connectivity index is 1.66. The molecule has 1 N–H and O–H groups in total. The summed E-state index contributed by atoms with van der Waals surface area (Å²) < 4.78 is 25.3. The maximum absolute atomic E-state index is 12.6. The summed E-state index contributed by atoms with van der Waals surface area (Å²) in [6.07, 6.45) is 0.388. The van der Waals surface area contributed by atoms with Crippen LogP contribution in [-0.2, 0) is 19.4 Å². The summed E-state index contributed by atoms with van der Waals surface area (Å²) in [6, 6.07) is 6.98. The zero-order valence-electron chi connectivity index (χ0n) is 13.3. The van der Waals surface area contributed by atoms with Gasteiger partial charge in [-0.05, 0) is 36.1 Å². The molecule has 0 aliphatic carbocycles. The van der Waals surface area contributed by atoms with Gasteiger partial charge in [-0.2, -0.15) is 0 Å². The van der Waals surface area contributed by atoms with Crippen LogP contribution in [0.1, 0.15) is 36.0 Å². The van der Waals surface area contributed by atoms with Crippen LogP contribution in [0, 0.1) is 0 Å². The van der Waals surface area contributed by atoms with Gasteiger partial charge in [0.25, 0.3) is 6.43 Å². The fourth-order valence-corrected chi connectivity index (χ4v) is 2.76. The second-order valence-electron chi connectivity index (χ2n) is 5.58. The van der Waals surface area contributed by atoms with Crippen LogP contribution < -0.4 is 10.2 Å². The van der Waals surface area contributed by atoms with Gasteiger partial charge in [-0.3, -0.25) is 4.90 Å². The molecule has 1 aromatic carbocycles. The predicted octanol–water partition coefficient (Wildman–Crippen LogP) is 3.25.